The summed E-state index contributed by atoms with van der Waals surface area (Å²) < 4.78 is 1.81. The molecule has 0 saturated heterocycles. The van der Waals surface area contributed by atoms with E-state index in [1.54, 1.807) is 12.1 Å². The lowest BCUT2D eigenvalue weighted by molar-refractivity contribution is -0.118. The van der Waals surface area contributed by atoms with E-state index in [-0.39, 0.29) is 28.4 Å². The SMILES string of the molecule is CC1(C)CC(=O)C2=C(C1)Nc1nc(-c3ccc(C(C)(C)C)cc3)nn1C2c1ccc(O)cc1. The van der Waals surface area contributed by atoms with Crippen molar-refractivity contribution in [3.63, 3.8) is 0 Å². The van der Waals surface area contributed by atoms with Gasteiger partial charge in [-0.15, -0.1) is 5.10 Å². The number of benzene rings is 2. The van der Waals surface area contributed by atoms with Gasteiger partial charge in [0.05, 0.1) is 0 Å². The van der Waals surface area contributed by atoms with Gasteiger partial charge in [-0.05, 0) is 40.5 Å². The number of phenolic OH excluding ortho intramolecular Hbond substituents is 1. The number of carbonyl (C=O) groups excluding carboxylic acids is 1. The molecule has 1 unspecified atom stereocenters. The lowest BCUT2D eigenvalue weighted by atomic mass is 9.73. The third-order valence-electron chi connectivity index (χ3n) is 6.55. The van der Waals surface area contributed by atoms with Gasteiger partial charge in [-0.3, -0.25) is 4.79 Å². The van der Waals surface area contributed by atoms with E-state index in [4.69, 9.17) is 10.1 Å². The second-order valence-electron chi connectivity index (χ2n) is 11.0. The second kappa shape index (κ2) is 7.30. The van der Waals surface area contributed by atoms with Crippen LogP contribution in [0.3, 0.4) is 0 Å². The van der Waals surface area contributed by atoms with Crippen LogP contribution in [0.25, 0.3) is 11.4 Å². The molecule has 2 aliphatic rings. The van der Waals surface area contributed by atoms with Gasteiger partial charge in [0.1, 0.15) is 11.8 Å². The van der Waals surface area contributed by atoms with Gasteiger partial charge in [0.25, 0.3) is 0 Å². The molecule has 0 saturated carbocycles. The van der Waals surface area contributed by atoms with Crippen molar-refractivity contribution in [1.82, 2.24) is 14.8 Å². The number of Topliss-reactive ketones (excluding diaryl/α,β-unsaturated/α-hetero) is 1. The van der Waals surface area contributed by atoms with E-state index < -0.39 is 0 Å². The Kier molecular flexibility index (Phi) is 4.74. The first-order valence-electron chi connectivity index (χ1n) is 11.4. The van der Waals surface area contributed by atoms with Crippen LogP contribution < -0.4 is 5.32 Å². The highest BCUT2D eigenvalue weighted by Gasteiger charge is 2.41. The fourth-order valence-corrected chi connectivity index (χ4v) is 4.82. The number of rotatable bonds is 2. The largest absolute Gasteiger partial charge is 0.508 e. The first kappa shape index (κ1) is 21.4. The molecule has 5 rings (SSSR count). The summed E-state index contributed by atoms with van der Waals surface area (Å²) in [5, 5.41) is 18.1. The van der Waals surface area contributed by atoms with Crippen LogP contribution in [0.5, 0.6) is 5.75 Å². The number of phenols is 1. The van der Waals surface area contributed by atoms with Crippen LogP contribution in [-0.2, 0) is 10.2 Å². The highest BCUT2D eigenvalue weighted by molar-refractivity contribution is 6.00. The van der Waals surface area contributed by atoms with E-state index in [2.05, 4.69) is 64.2 Å². The second-order valence-corrected chi connectivity index (χ2v) is 11.0. The number of ketones is 1. The van der Waals surface area contributed by atoms with Gasteiger partial charge in [-0.25, -0.2) is 4.68 Å². The smallest absolute Gasteiger partial charge is 0.226 e. The van der Waals surface area contributed by atoms with Gasteiger partial charge < -0.3 is 10.4 Å². The molecule has 2 N–H and O–H groups in total. The average Bonchev–Trinajstić information content (AvgIpc) is 3.15. The Balaban J connectivity index is 1.62. The molecule has 2 heterocycles. The maximum atomic E-state index is 13.3. The summed E-state index contributed by atoms with van der Waals surface area (Å²) in [5.41, 5.74) is 4.70. The number of aromatic hydroxyl groups is 1. The molecule has 0 bridgehead atoms. The molecular formula is C27H30N4O2. The number of anilines is 1. The van der Waals surface area contributed by atoms with E-state index in [0.717, 1.165) is 28.8 Å². The third-order valence-corrected chi connectivity index (χ3v) is 6.55. The number of allylic oxidation sites excluding steroid dienone is 2. The van der Waals surface area contributed by atoms with Crippen LogP contribution >= 0.6 is 0 Å². The monoisotopic (exact) mass is 442 g/mol. The molecule has 1 aromatic heterocycles. The Morgan fingerprint density at radius 3 is 2.33 bits per heavy atom. The Labute approximate surface area is 194 Å². The molecule has 0 fully saturated rings. The number of nitrogens with one attached hydrogen (secondary N) is 1. The minimum atomic E-state index is -0.379. The molecule has 33 heavy (non-hydrogen) atoms. The van der Waals surface area contributed by atoms with Crippen LogP contribution in [0, 0.1) is 5.41 Å². The molecule has 0 spiro atoms. The van der Waals surface area contributed by atoms with E-state index >= 15 is 0 Å². The van der Waals surface area contributed by atoms with E-state index in [0.29, 0.717) is 18.2 Å². The van der Waals surface area contributed by atoms with E-state index in [1.807, 2.05) is 16.8 Å². The van der Waals surface area contributed by atoms with Crippen LogP contribution in [-0.4, -0.2) is 25.7 Å². The number of hydrogen-bond acceptors (Lipinski definition) is 5. The number of nitrogens with zero attached hydrogens (tertiary/aromatic N) is 3. The Morgan fingerprint density at radius 1 is 1.03 bits per heavy atom. The standard InChI is InChI=1S/C27H30N4O2/c1-26(2,3)18-10-6-17(7-11-18)24-29-25-28-20-14-27(4,5)15-21(33)22(20)23(31(25)30-24)16-8-12-19(32)13-9-16/h6-13,23,32H,14-15H2,1-5H3,(H,28,29,30). The fourth-order valence-electron chi connectivity index (χ4n) is 4.82. The highest BCUT2D eigenvalue weighted by atomic mass is 16.3. The summed E-state index contributed by atoms with van der Waals surface area (Å²) in [6, 6.07) is 15.0. The molecule has 3 aromatic rings. The Morgan fingerprint density at radius 2 is 1.70 bits per heavy atom. The number of fused-ring (bicyclic) bond motifs is 1. The zero-order valence-corrected chi connectivity index (χ0v) is 19.8. The van der Waals surface area contributed by atoms with Crippen molar-refractivity contribution >= 4 is 11.7 Å². The van der Waals surface area contributed by atoms with Crippen molar-refractivity contribution < 1.29 is 9.90 Å². The molecule has 1 atom stereocenters. The molecule has 0 amide bonds. The number of carbonyl (C=O) groups is 1. The highest BCUT2D eigenvalue weighted by Crippen LogP contribution is 2.45. The minimum absolute atomic E-state index is 0.0705. The Bertz CT molecular complexity index is 1260. The maximum Gasteiger partial charge on any atom is 0.226 e. The fraction of sp³-hybridized carbons (Fsp3) is 0.370. The van der Waals surface area contributed by atoms with Gasteiger partial charge in [0, 0.05) is 23.3 Å². The zero-order chi connectivity index (χ0) is 23.5. The van der Waals surface area contributed by atoms with Gasteiger partial charge in [-0.2, -0.15) is 4.98 Å². The van der Waals surface area contributed by atoms with Crippen molar-refractivity contribution in [3.8, 4) is 17.1 Å². The van der Waals surface area contributed by atoms with Crippen LogP contribution in [0.1, 0.15) is 64.6 Å². The lowest BCUT2D eigenvalue weighted by Gasteiger charge is -2.38. The molecular weight excluding hydrogens is 412 g/mol. The van der Waals surface area contributed by atoms with Crippen molar-refractivity contribution in [2.75, 3.05) is 5.32 Å². The zero-order valence-electron chi connectivity index (χ0n) is 19.8. The van der Waals surface area contributed by atoms with Crippen molar-refractivity contribution in [1.29, 1.82) is 0 Å². The molecule has 2 aromatic carbocycles. The molecule has 170 valence electrons. The summed E-state index contributed by atoms with van der Waals surface area (Å²) in [6.07, 6.45) is 1.26. The van der Waals surface area contributed by atoms with Gasteiger partial charge in [0.15, 0.2) is 11.6 Å². The van der Waals surface area contributed by atoms with Crippen LogP contribution in [0.4, 0.5) is 5.95 Å². The minimum Gasteiger partial charge on any atom is -0.508 e. The lowest BCUT2D eigenvalue weighted by Crippen LogP contribution is -2.36. The molecule has 6 nitrogen and oxygen atoms in total. The van der Waals surface area contributed by atoms with Crippen molar-refractivity contribution in [2.24, 2.45) is 5.41 Å². The topological polar surface area (TPSA) is 80.0 Å². The maximum absolute atomic E-state index is 13.3. The first-order chi connectivity index (χ1) is 15.5. The van der Waals surface area contributed by atoms with Gasteiger partial charge in [-0.1, -0.05) is 71.0 Å². The van der Waals surface area contributed by atoms with E-state index in [1.165, 1.54) is 5.56 Å². The first-order valence-corrected chi connectivity index (χ1v) is 11.4. The quantitative estimate of drug-likeness (QED) is 0.539. The van der Waals surface area contributed by atoms with Gasteiger partial charge >= 0.3 is 0 Å². The van der Waals surface area contributed by atoms with E-state index in [9.17, 15) is 9.90 Å². The number of hydrogen-bond donors (Lipinski definition) is 2. The average molecular weight is 443 g/mol. The summed E-state index contributed by atoms with van der Waals surface area (Å²) in [4.78, 5) is 18.1. The molecule has 1 aliphatic carbocycles. The summed E-state index contributed by atoms with van der Waals surface area (Å²) >= 11 is 0. The van der Waals surface area contributed by atoms with Crippen LogP contribution in [0.15, 0.2) is 59.8 Å². The summed E-state index contributed by atoms with van der Waals surface area (Å²) in [7, 11) is 0. The van der Waals surface area contributed by atoms with Crippen molar-refractivity contribution in [3.05, 3.63) is 70.9 Å². The summed E-state index contributed by atoms with van der Waals surface area (Å²) in [5.74, 6) is 1.57. The number of aromatic nitrogens is 3. The van der Waals surface area contributed by atoms with Gasteiger partial charge in [0.2, 0.25) is 5.95 Å². The predicted molar refractivity (Wildman–Crippen MR) is 129 cm³/mol. The molecule has 1 aliphatic heterocycles. The molecule has 0 radical (unpaired) electrons. The predicted octanol–water partition coefficient (Wildman–Crippen LogP) is 5.61. The van der Waals surface area contributed by atoms with Crippen molar-refractivity contribution in [2.45, 2.75) is 58.9 Å². The Hall–Kier alpha value is -3.41. The molecule has 6 heteroatoms. The normalized spacial score (nSPS) is 19.7. The summed E-state index contributed by atoms with van der Waals surface area (Å²) in [6.45, 7) is 10.8. The third kappa shape index (κ3) is 3.84. The van der Waals surface area contributed by atoms with Crippen LogP contribution in [0.2, 0.25) is 0 Å².